The van der Waals surface area contributed by atoms with Crippen molar-refractivity contribution < 1.29 is 21.5 Å². The van der Waals surface area contributed by atoms with E-state index in [1.807, 2.05) is 71.8 Å². The third-order valence-corrected chi connectivity index (χ3v) is 16.1. The second-order valence-corrected chi connectivity index (χ2v) is 22.9. The Morgan fingerprint density at radius 1 is 0.750 bits per heavy atom. The van der Waals surface area contributed by atoms with Crippen LogP contribution >= 0.6 is 16.5 Å². The van der Waals surface area contributed by atoms with Gasteiger partial charge in [-0.05, 0) is 23.3 Å². The number of aliphatic imine (C=N–C) groups is 2. The molecule has 0 unspecified atom stereocenters. The molecule has 0 bridgehead atoms. The van der Waals surface area contributed by atoms with Gasteiger partial charge in [-0.15, -0.1) is 0 Å². The Morgan fingerprint density at radius 3 is 1.59 bits per heavy atom. The fraction of sp³-hybridized carbons (Fsp3) is 0.167. The molecule has 0 atom stereocenters. The second-order valence-electron chi connectivity index (χ2n) is 5.99. The van der Waals surface area contributed by atoms with E-state index in [-0.39, 0.29) is 0 Å². The predicted molar refractivity (Wildman–Crippen MR) is 137 cm³/mol. The Kier molecular flexibility index (Phi) is 19.2. The Labute approximate surface area is 208 Å². The first kappa shape index (κ1) is 27.9. The molecule has 0 spiro atoms. The third-order valence-electron chi connectivity index (χ3n) is 3.64. The van der Waals surface area contributed by atoms with E-state index in [0.29, 0.717) is 0 Å². The van der Waals surface area contributed by atoms with Crippen LogP contribution < -0.4 is 5.32 Å². The molecule has 0 aromatic heterocycles. The molecule has 160 valence electrons. The summed E-state index contributed by atoms with van der Waals surface area (Å²) in [5.74, 6) is 0. The van der Waals surface area contributed by atoms with Crippen molar-refractivity contribution >= 4 is 41.1 Å². The summed E-state index contributed by atoms with van der Waals surface area (Å²) in [5.41, 5.74) is 2.37. The number of allylic oxidation sites excluding steroid dienone is 2. The van der Waals surface area contributed by atoms with E-state index in [2.05, 4.69) is 51.7 Å². The number of rotatable bonds is 12. The van der Waals surface area contributed by atoms with Gasteiger partial charge in [0, 0.05) is 25.5 Å². The van der Waals surface area contributed by atoms with Gasteiger partial charge < -0.3 is 5.32 Å². The van der Waals surface area contributed by atoms with Crippen LogP contribution in [0.5, 0.6) is 0 Å². The van der Waals surface area contributed by atoms with Crippen molar-refractivity contribution in [2.45, 2.75) is 0 Å². The number of nitrogens with zero attached hydrogens (tertiary/aromatic N) is 4. The van der Waals surface area contributed by atoms with Gasteiger partial charge in [0.1, 0.15) is 0 Å². The summed E-state index contributed by atoms with van der Waals surface area (Å²) in [6.45, 7) is 3.28. The van der Waals surface area contributed by atoms with E-state index in [1.165, 1.54) is 27.6 Å². The Bertz CT molecular complexity index is 841. The van der Waals surface area contributed by atoms with Crippen LogP contribution in [0.15, 0.2) is 82.8 Å². The number of benzene rings is 2. The molecule has 1 N–H and O–H groups in total. The molecule has 0 fully saturated rings. The molecule has 2 rings (SSSR count). The van der Waals surface area contributed by atoms with Crippen LogP contribution in [-0.4, -0.2) is 38.6 Å². The van der Waals surface area contributed by atoms with Gasteiger partial charge in [0.15, 0.2) is 0 Å². The summed E-state index contributed by atoms with van der Waals surface area (Å²) < 4.78 is 0. The van der Waals surface area contributed by atoms with Crippen LogP contribution in [0.4, 0.5) is 0 Å². The van der Waals surface area contributed by atoms with Crippen molar-refractivity contribution in [2.24, 2.45) is 9.98 Å². The summed E-state index contributed by atoms with van der Waals surface area (Å²) in [5, 5.41) is 23.1. The summed E-state index contributed by atoms with van der Waals surface area (Å²) >= 11 is -1.09. The second kappa shape index (κ2) is 22.0. The normalized spacial score (nSPS) is 10.7. The van der Waals surface area contributed by atoms with Crippen LogP contribution in [0, 0.1) is 21.3 Å². The van der Waals surface area contributed by atoms with Crippen molar-refractivity contribution in [2.75, 3.05) is 26.2 Å². The Hall–Kier alpha value is -2.16. The quantitative estimate of drug-likeness (QED) is 0.143. The minimum absolute atomic E-state index is 0.775. The molecule has 5 nitrogen and oxygen atoms in total. The zero-order valence-corrected chi connectivity index (χ0v) is 25.0. The molecule has 0 radical (unpaired) electrons. The van der Waals surface area contributed by atoms with Crippen molar-refractivity contribution in [1.82, 2.24) is 5.32 Å². The van der Waals surface area contributed by atoms with Gasteiger partial charge in [0.25, 0.3) is 0 Å². The third kappa shape index (κ3) is 17.5. The fourth-order valence-corrected chi connectivity index (χ4v) is 8.61. The first-order valence-electron chi connectivity index (χ1n) is 10.0. The van der Waals surface area contributed by atoms with Gasteiger partial charge >= 0.3 is 59.4 Å². The fourth-order valence-electron chi connectivity index (χ4n) is 2.20. The molecule has 0 aliphatic rings. The zero-order chi connectivity index (χ0) is 23.0. The van der Waals surface area contributed by atoms with Crippen LogP contribution in [0.1, 0.15) is 11.1 Å². The Morgan fingerprint density at radius 2 is 1.19 bits per heavy atom. The van der Waals surface area contributed by atoms with Gasteiger partial charge in [0.2, 0.25) is 0 Å². The van der Waals surface area contributed by atoms with E-state index in [1.54, 1.807) is 0 Å². The van der Waals surface area contributed by atoms with E-state index in [4.69, 9.17) is 10.5 Å². The summed E-state index contributed by atoms with van der Waals surface area (Å²) in [7, 11) is 2.60. The monoisotopic (exact) mass is 649 g/mol. The van der Waals surface area contributed by atoms with Gasteiger partial charge in [-0.25, -0.2) is 0 Å². The minimum atomic E-state index is -1.09. The van der Waals surface area contributed by atoms with E-state index >= 15 is 0 Å². The molecular weight excluding hydrogens is 623 g/mol. The summed E-state index contributed by atoms with van der Waals surface area (Å²) in [4.78, 5) is 8.69. The first-order valence-corrected chi connectivity index (χ1v) is 25.5. The van der Waals surface area contributed by atoms with Crippen molar-refractivity contribution in [3.05, 3.63) is 83.9 Å². The van der Waals surface area contributed by atoms with E-state index in [9.17, 15) is 0 Å². The average molecular weight is 648 g/mol. The summed E-state index contributed by atoms with van der Waals surface area (Å²) in [6, 6.07) is 20.4. The number of nitriles is 2. The Balaban J connectivity index is 0.000000633. The number of nitrogens with one attached hydrogen (secondary N) is 1. The SMILES string of the molecule is C(/C=C/c1ccccc1)=NCCNCCN=C/C=C/c1ccccc1.N#C[S][Hg][S]C#N. The van der Waals surface area contributed by atoms with Gasteiger partial charge in [-0.1, -0.05) is 72.8 Å². The molecule has 0 aliphatic carbocycles. The number of hydrogen-bond donors (Lipinski definition) is 1. The average Bonchev–Trinajstić information content (AvgIpc) is 2.84. The molecule has 2 aromatic rings. The van der Waals surface area contributed by atoms with Gasteiger partial charge in [-0.2, -0.15) is 0 Å². The molecule has 0 saturated heterocycles. The molecule has 2 aromatic carbocycles. The van der Waals surface area contributed by atoms with Crippen LogP contribution in [-0.2, 0) is 21.5 Å². The van der Waals surface area contributed by atoms with Crippen LogP contribution in [0.3, 0.4) is 0 Å². The zero-order valence-electron chi connectivity index (χ0n) is 17.9. The topological polar surface area (TPSA) is 84.3 Å². The van der Waals surface area contributed by atoms with Crippen molar-refractivity contribution in [3.63, 3.8) is 0 Å². The predicted octanol–water partition coefficient (Wildman–Crippen LogP) is 5.47. The van der Waals surface area contributed by atoms with Crippen LogP contribution in [0.25, 0.3) is 12.2 Å². The molecule has 0 heterocycles. The van der Waals surface area contributed by atoms with Gasteiger partial charge in [0.05, 0.1) is 13.1 Å². The van der Waals surface area contributed by atoms with E-state index < -0.39 is 21.5 Å². The molecule has 32 heavy (non-hydrogen) atoms. The van der Waals surface area contributed by atoms with Crippen LogP contribution in [0.2, 0.25) is 0 Å². The maximum atomic E-state index is 7.94. The molecule has 8 heteroatoms. The standard InChI is InChI=1S/C22H25N3.2CHNS.Hg/c1-3-9-21(10-4-1)13-7-15-23-17-19-25-20-18-24-16-8-14-22-11-5-2-6-12-22;2*2-1-3;/h1-16,25H,17-20H2;2*3H;/q;;;+2/p-2/b13-7+,14-8+,23-15?,24-16?;;;. The molecule has 0 aliphatic heterocycles. The van der Waals surface area contributed by atoms with Gasteiger partial charge in [-0.3, -0.25) is 9.98 Å². The molecule has 0 saturated carbocycles. The maximum absolute atomic E-state index is 7.94. The number of hydrogen-bond acceptors (Lipinski definition) is 7. The molecular formula is C24H25HgN5S2. The van der Waals surface area contributed by atoms with Crippen molar-refractivity contribution in [1.29, 1.82) is 10.5 Å². The molecule has 0 amide bonds. The number of thiocyanates is 2. The first-order chi connectivity index (χ1) is 15.9. The summed E-state index contributed by atoms with van der Waals surface area (Å²) in [6.07, 6.45) is 11.7. The van der Waals surface area contributed by atoms with E-state index in [0.717, 1.165) is 26.2 Å². The van der Waals surface area contributed by atoms with Crippen molar-refractivity contribution in [3.8, 4) is 10.8 Å².